The van der Waals surface area contributed by atoms with E-state index in [1.807, 2.05) is 18.7 Å². The lowest BCUT2D eigenvalue weighted by Crippen LogP contribution is -2.23. The van der Waals surface area contributed by atoms with Crippen molar-refractivity contribution in [2.75, 3.05) is 0 Å². The number of nitrogens with one attached hydrogen (secondary N) is 1. The second kappa shape index (κ2) is 4.84. The fourth-order valence-corrected chi connectivity index (χ4v) is 3.22. The summed E-state index contributed by atoms with van der Waals surface area (Å²) in [4.78, 5) is 0. The summed E-state index contributed by atoms with van der Waals surface area (Å²) < 4.78 is 2.64. The Kier molecular flexibility index (Phi) is 2.96. The van der Waals surface area contributed by atoms with Gasteiger partial charge < -0.3 is 0 Å². The number of aromatic amines is 1. The third kappa shape index (κ3) is 2.03. The van der Waals surface area contributed by atoms with Crippen molar-refractivity contribution in [2.45, 2.75) is 25.6 Å². The lowest BCUT2D eigenvalue weighted by molar-refractivity contribution is 1.05. The normalized spacial score (nSPS) is 14.5. The summed E-state index contributed by atoms with van der Waals surface area (Å²) in [6, 6.07) is 13.0. The van der Waals surface area contributed by atoms with Crippen molar-refractivity contribution in [2.24, 2.45) is 0 Å². The molecule has 1 N–H and O–H groups in total. The summed E-state index contributed by atoms with van der Waals surface area (Å²) in [6.07, 6.45) is 2.62. The highest BCUT2D eigenvalue weighted by atomic mass is 32.1. The molecule has 0 unspecified atom stereocenters. The summed E-state index contributed by atoms with van der Waals surface area (Å²) in [5.41, 5.74) is 3.41. The number of hydrogen-bond acceptors (Lipinski definition) is 2. The van der Waals surface area contributed by atoms with Gasteiger partial charge in [-0.25, -0.2) is 0 Å². The van der Waals surface area contributed by atoms with Crippen LogP contribution in [-0.2, 0) is 0 Å². The Morgan fingerprint density at radius 3 is 2.67 bits per heavy atom. The van der Waals surface area contributed by atoms with Gasteiger partial charge in [0.2, 0.25) is 7.28 Å². The first-order valence-electron chi connectivity index (χ1n) is 7.28. The van der Waals surface area contributed by atoms with E-state index >= 15 is 0 Å². The molecule has 0 aliphatic heterocycles. The van der Waals surface area contributed by atoms with E-state index in [0.717, 1.165) is 17.3 Å². The standard InChI is InChI=1S/C16H15BN3S/c1-17-15-18-19-16(21)20(15)14-9-8-11(10-6-7-10)12-4-2-3-5-13(12)14/h2-5,8-10H,6-7H2,1H3,(H,19,21). The monoisotopic (exact) mass is 292 g/mol. The third-order valence-corrected chi connectivity index (χ3v) is 4.42. The average molecular weight is 292 g/mol. The van der Waals surface area contributed by atoms with Gasteiger partial charge in [-0.05, 0) is 48.0 Å². The Bertz CT molecular complexity index is 877. The third-order valence-electron chi connectivity index (χ3n) is 4.15. The van der Waals surface area contributed by atoms with Crippen molar-refractivity contribution >= 4 is 36.0 Å². The molecule has 1 radical (unpaired) electrons. The first kappa shape index (κ1) is 12.8. The number of rotatable bonds is 3. The molecule has 1 aliphatic rings. The van der Waals surface area contributed by atoms with E-state index in [9.17, 15) is 0 Å². The van der Waals surface area contributed by atoms with Gasteiger partial charge in [-0.15, -0.1) is 0 Å². The van der Waals surface area contributed by atoms with E-state index in [-0.39, 0.29) is 0 Å². The molecular formula is C16H15BN3S. The molecule has 1 aromatic heterocycles. The second-order valence-electron chi connectivity index (χ2n) is 5.50. The molecule has 21 heavy (non-hydrogen) atoms. The van der Waals surface area contributed by atoms with Crippen LogP contribution in [0.5, 0.6) is 0 Å². The Morgan fingerprint density at radius 1 is 1.19 bits per heavy atom. The fourth-order valence-electron chi connectivity index (χ4n) is 2.99. The molecule has 0 bridgehead atoms. The van der Waals surface area contributed by atoms with Crippen molar-refractivity contribution in [3.05, 3.63) is 46.7 Å². The molecule has 3 nitrogen and oxygen atoms in total. The molecule has 0 amide bonds. The first-order valence-corrected chi connectivity index (χ1v) is 7.69. The van der Waals surface area contributed by atoms with Crippen LogP contribution in [0, 0.1) is 4.77 Å². The van der Waals surface area contributed by atoms with Gasteiger partial charge in [0.1, 0.15) is 0 Å². The maximum absolute atomic E-state index is 5.41. The minimum atomic E-state index is 0.632. The van der Waals surface area contributed by atoms with Crippen molar-refractivity contribution in [1.29, 1.82) is 0 Å². The number of hydrogen-bond donors (Lipinski definition) is 1. The molecule has 2 aromatic carbocycles. The summed E-state index contributed by atoms with van der Waals surface area (Å²) in [5, 5.41) is 9.74. The molecule has 1 fully saturated rings. The van der Waals surface area contributed by atoms with E-state index in [0.29, 0.717) is 4.77 Å². The van der Waals surface area contributed by atoms with Gasteiger partial charge in [-0.1, -0.05) is 37.2 Å². The van der Waals surface area contributed by atoms with Crippen LogP contribution in [0.3, 0.4) is 0 Å². The predicted molar refractivity (Wildman–Crippen MR) is 89.5 cm³/mol. The zero-order valence-corrected chi connectivity index (χ0v) is 12.7. The van der Waals surface area contributed by atoms with Gasteiger partial charge in [-0.3, -0.25) is 9.67 Å². The molecule has 3 aromatic rings. The summed E-state index contributed by atoms with van der Waals surface area (Å²) in [6.45, 7) is 1.97. The summed E-state index contributed by atoms with van der Waals surface area (Å²) >= 11 is 5.41. The molecule has 0 spiro atoms. The Morgan fingerprint density at radius 2 is 1.95 bits per heavy atom. The first-order chi connectivity index (χ1) is 10.3. The van der Waals surface area contributed by atoms with E-state index in [1.54, 1.807) is 0 Å². The molecule has 4 rings (SSSR count). The Balaban J connectivity index is 2.04. The summed E-state index contributed by atoms with van der Waals surface area (Å²) in [5.74, 6) is 0.735. The fraction of sp³-hybridized carbons (Fsp3) is 0.250. The number of aromatic nitrogens is 3. The highest BCUT2D eigenvalue weighted by molar-refractivity contribution is 7.71. The quantitative estimate of drug-likeness (QED) is 0.593. The Labute approximate surface area is 129 Å². The largest absolute Gasteiger partial charge is 0.281 e. The van der Waals surface area contributed by atoms with Crippen molar-refractivity contribution in [3.63, 3.8) is 0 Å². The average Bonchev–Trinajstić information content (AvgIpc) is 3.29. The highest BCUT2D eigenvalue weighted by Gasteiger charge is 2.26. The molecular weight excluding hydrogens is 277 g/mol. The molecule has 103 valence electrons. The van der Waals surface area contributed by atoms with E-state index in [1.165, 1.54) is 29.2 Å². The van der Waals surface area contributed by atoms with Crippen molar-refractivity contribution in [3.8, 4) is 5.69 Å². The predicted octanol–water partition coefficient (Wildman–Crippen LogP) is 3.34. The van der Waals surface area contributed by atoms with Gasteiger partial charge in [0.15, 0.2) is 4.77 Å². The smallest absolute Gasteiger partial charge is 0.201 e. The minimum Gasteiger partial charge on any atom is -0.281 e. The zero-order chi connectivity index (χ0) is 14.4. The van der Waals surface area contributed by atoms with Gasteiger partial charge in [0.05, 0.1) is 11.4 Å². The van der Waals surface area contributed by atoms with Crippen LogP contribution in [0.25, 0.3) is 16.5 Å². The van der Waals surface area contributed by atoms with Crippen LogP contribution in [0.4, 0.5) is 0 Å². The Hall–Kier alpha value is -1.88. The lowest BCUT2D eigenvalue weighted by Gasteiger charge is -2.13. The number of fused-ring (bicyclic) bond motifs is 1. The number of nitrogens with zero attached hydrogens (tertiary/aromatic N) is 2. The molecule has 0 saturated heterocycles. The zero-order valence-electron chi connectivity index (χ0n) is 11.8. The van der Waals surface area contributed by atoms with Crippen LogP contribution in [0.15, 0.2) is 36.4 Å². The van der Waals surface area contributed by atoms with Crippen LogP contribution in [0.2, 0.25) is 6.82 Å². The van der Waals surface area contributed by atoms with Crippen LogP contribution in [0.1, 0.15) is 24.3 Å². The highest BCUT2D eigenvalue weighted by Crippen LogP contribution is 2.43. The molecule has 1 heterocycles. The van der Waals surface area contributed by atoms with Crippen LogP contribution in [-0.4, -0.2) is 22.0 Å². The molecule has 1 saturated carbocycles. The second-order valence-corrected chi connectivity index (χ2v) is 5.89. The number of benzene rings is 2. The minimum absolute atomic E-state index is 0.632. The van der Waals surface area contributed by atoms with Gasteiger partial charge in [-0.2, -0.15) is 5.10 Å². The SMILES string of the molecule is C[B]c1n[nH]c(=S)n1-c1ccc(C2CC2)c2ccccc12. The van der Waals surface area contributed by atoms with Gasteiger partial charge in [0, 0.05) is 5.39 Å². The van der Waals surface area contributed by atoms with Crippen molar-refractivity contribution < 1.29 is 0 Å². The molecule has 1 aliphatic carbocycles. The van der Waals surface area contributed by atoms with Gasteiger partial charge >= 0.3 is 0 Å². The maximum Gasteiger partial charge on any atom is 0.201 e. The maximum atomic E-state index is 5.41. The molecule has 5 heteroatoms. The summed E-state index contributed by atoms with van der Waals surface area (Å²) in [7, 11) is 1.97. The van der Waals surface area contributed by atoms with Crippen LogP contribution >= 0.6 is 12.2 Å². The lowest BCUT2D eigenvalue weighted by atomic mass is 9.81. The van der Waals surface area contributed by atoms with Gasteiger partial charge in [0.25, 0.3) is 0 Å². The van der Waals surface area contributed by atoms with E-state index in [4.69, 9.17) is 12.2 Å². The van der Waals surface area contributed by atoms with Crippen molar-refractivity contribution in [1.82, 2.24) is 14.8 Å². The topological polar surface area (TPSA) is 33.6 Å². The number of H-pyrrole nitrogens is 1. The van der Waals surface area contributed by atoms with Crippen LogP contribution < -0.4 is 5.72 Å². The molecule has 0 atom stereocenters. The van der Waals surface area contributed by atoms with E-state index < -0.39 is 0 Å². The van der Waals surface area contributed by atoms with E-state index in [2.05, 4.69) is 46.6 Å².